The zero-order valence-electron chi connectivity index (χ0n) is 14.1. The minimum Gasteiger partial charge on any atom is -0.489 e. The average Bonchev–Trinajstić information content (AvgIpc) is 2.56. The number of methoxy groups -OCH3 is 1. The number of hydrogen-bond donors (Lipinski definition) is 2. The van der Waals surface area contributed by atoms with Gasteiger partial charge in [-0.3, -0.25) is 4.79 Å². The molecule has 2 N–H and O–H groups in total. The third-order valence-corrected chi connectivity index (χ3v) is 4.16. The Bertz CT molecular complexity index is 502. The van der Waals surface area contributed by atoms with Crippen LogP contribution in [0.15, 0.2) is 24.3 Å². The van der Waals surface area contributed by atoms with Crippen molar-refractivity contribution >= 4 is 18.3 Å². The summed E-state index contributed by atoms with van der Waals surface area (Å²) < 4.78 is 23.8. The normalized spacial score (nSPS) is 17.5. The molecular formula is C17H26ClFN2O3. The van der Waals surface area contributed by atoms with E-state index in [4.69, 9.17) is 9.47 Å². The van der Waals surface area contributed by atoms with Crippen molar-refractivity contribution in [1.29, 1.82) is 0 Å². The molecule has 0 aromatic heterocycles. The van der Waals surface area contributed by atoms with Crippen LogP contribution in [0.5, 0.6) is 5.75 Å². The highest BCUT2D eigenvalue weighted by Crippen LogP contribution is 2.29. The van der Waals surface area contributed by atoms with Crippen LogP contribution in [0.4, 0.5) is 4.39 Å². The molecule has 1 saturated heterocycles. The fourth-order valence-corrected chi connectivity index (χ4v) is 2.83. The quantitative estimate of drug-likeness (QED) is 0.782. The lowest BCUT2D eigenvalue weighted by Crippen LogP contribution is -2.51. The van der Waals surface area contributed by atoms with Crippen molar-refractivity contribution in [1.82, 2.24) is 10.6 Å². The minimum atomic E-state index is -0.463. The molecule has 1 aromatic carbocycles. The van der Waals surface area contributed by atoms with Gasteiger partial charge in [-0.25, -0.2) is 4.39 Å². The highest BCUT2D eigenvalue weighted by atomic mass is 35.5. The van der Waals surface area contributed by atoms with Gasteiger partial charge in [-0.05, 0) is 57.1 Å². The zero-order chi connectivity index (χ0) is 16.7. The molecule has 1 aromatic rings. The zero-order valence-corrected chi connectivity index (χ0v) is 15.0. The second kappa shape index (κ2) is 9.81. The van der Waals surface area contributed by atoms with Gasteiger partial charge in [0.2, 0.25) is 5.91 Å². The number of amides is 1. The number of ether oxygens (including phenoxy) is 2. The first-order valence-electron chi connectivity index (χ1n) is 7.96. The minimum absolute atomic E-state index is 0. The first-order valence-corrected chi connectivity index (χ1v) is 7.96. The maximum atomic E-state index is 12.9. The molecule has 0 aliphatic carbocycles. The molecule has 24 heavy (non-hydrogen) atoms. The summed E-state index contributed by atoms with van der Waals surface area (Å²) in [5.74, 6) is 0.294. The summed E-state index contributed by atoms with van der Waals surface area (Å²) in [7, 11) is 1.62. The second-order valence-electron chi connectivity index (χ2n) is 6.06. The summed E-state index contributed by atoms with van der Waals surface area (Å²) >= 11 is 0. The van der Waals surface area contributed by atoms with Gasteiger partial charge in [0.25, 0.3) is 0 Å². The van der Waals surface area contributed by atoms with Gasteiger partial charge in [-0.2, -0.15) is 0 Å². The Kier molecular flexibility index (Phi) is 8.45. The molecule has 0 spiro atoms. The van der Waals surface area contributed by atoms with Crippen molar-refractivity contribution in [3.05, 3.63) is 30.1 Å². The van der Waals surface area contributed by atoms with Crippen LogP contribution in [0.1, 0.15) is 19.8 Å². The first kappa shape index (κ1) is 20.7. The van der Waals surface area contributed by atoms with Gasteiger partial charge in [0, 0.05) is 7.11 Å². The average molecular weight is 361 g/mol. The Morgan fingerprint density at radius 3 is 2.54 bits per heavy atom. The van der Waals surface area contributed by atoms with E-state index in [0.29, 0.717) is 18.9 Å². The Balaban J connectivity index is 0.00000288. The molecular weight excluding hydrogens is 335 g/mol. The number of carbonyl (C=O) groups excluding carboxylic acids is 1. The lowest BCUT2D eigenvalue weighted by molar-refractivity contribution is -0.136. The van der Waals surface area contributed by atoms with E-state index in [1.54, 1.807) is 19.2 Å². The molecule has 1 amide bonds. The molecule has 0 bridgehead atoms. The molecule has 1 fully saturated rings. The molecule has 0 radical (unpaired) electrons. The topological polar surface area (TPSA) is 59.6 Å². The molecule has 5 nitrogen and oxygen atoms in total. The van der Waals surface area contributed by atoms with E-state index in [1.165, 1.54) is 12.1 Å². The second-order valence-corrected chi connectivity index (χ2v) is 6.06. The summed E-state index contributed by atoms with van der Waals surface area (Å²) in [6.07, 6.45) is 1.32. The molecule has 7 heteroatoms. The van der Waals surface area contributed by atoms with Gasteiger partial charge in [0.05, 0.1) is 18.6 Å². The van der Waals surface area contributed by atoms with Crippen molar-refractivity contribution in [3.8, 4) is 5.75 Å². The van der Waals surface area contributed by atoms with Crippen molar-refractivity contribution in [2.75, 3.05) is 33.4 Å². The van der Waals surface area contributed by atoms with Gasteiger partial charge in [0.15, 0.2) is 0 Å². The smallest absolute Gasteiger partial charge is 0.228 e. The monoisotopic (exact) mass is 360 g/mol. The third kappa shape index (κ3) is 5.61. The van der Waals surface area contributed by atoms with E-state index < -0.39 is 5.41 Å². The number of nitrogens with one attached hydrogen (secondary N) is 2. The lowest BCUT2D eigenvalue weighted by atomic mass is 9.78. The SMILES string of the molecule is COCC1(C(=O)NCC(C)Oc2ccc(F)cc2)CCNCC1.Cl. The van der Waals surface area contributed by atoms with Crippen LogP contribution in [-0.4, -0.2) is 45.4 Å². The highest BCUT2D eigenvalue weighted by Gasteiger charge is 2.39. The standard InChI is InChI=1S/C17H25FN2O3.ClH/c1-13(23-15-5-3-14(18)4-6-15)11-20-16(21)17(12-22-2)7-9-19-10-8-17;/h3-6,13,19H,7-12H2,1-2H3,(H,20,21);1H. The molecule has 1 unspecified atom stereocenters. The first-order chi connectivity index (χ1) is 11.1. The van der Waals surface area contributed by atoms with Gasteiger partial charge in [-0.15, -0.1) is 12.4 Å². The van der Waals surface area contributed by atoms with Gasteiger partial charge < -0.3 is 20.1 Å². The van der Waals surface area contributed by atoms with Crippen LogP contribution in [0.2, 0.25) is 0 Å². The largest absolute Gasteiger partial charge is 0.489 e. The molecule has 2 rings (SSSR count). The summed E-state index contributed by atoms with van der Waals surface area (Å²) in [5.41, 5.74) is -0.463. The summed E-state index contributed by atoms with van der Waals surface area (Å²) in [4.78, 5) is 12.6. The maximum Gasteiger partial charge on any atom is 0.228 e. The van der Waals surface area contributed by atoms with Gasteiger partial charge in [-0.1, -0.05) is 0 Å². The molecule has 1 aliphatic heterocycles. The number of rotatable bonds is 7. The van der Waals surface area contributed by atoms with Crippen LogP contribution in [0.25, 0.3) is 0 Å². The van der Waals surface area contributed by atoms with Crippen molar-refractivity contribution in [2.24, 2.45) is 5.41 Å². The van der Waals surface area contributed by atoms with Gasteiger partial charge in [0.1, 0.15) is 17.7 Å². The molecule has 1 heterocycles. The van der Waals surface area contributed by atoms with Crippen molar-refractivity contribution < 1.29 is 18.7 Å². The van der Waals surface area contributed by atoms with Crippen LogP contribution in [0, 0.1) is 11.2 Å². The Labute approximate surface area is 148 Å². The number of carbonyl (C=O) groups is 1. The predicted octanol–water partition coefficient (Wildman–Crippen LogP) is 2.15. The van der Waals surface area contributed by atoms with E-state index in [-0.39, 0.29) is 30.2 Å². The van der Waals surface area contributed by atoms with Crippen LogP contribution < -0.4 is 15.4 Å². The molecule has 0 saturated carbocycles. The summed E-state index contributed by atoms with van der Waals surface area (Å²) in [6, 6.07) is 5.85. The number of halogens is 2. The fraction of sp³-hybridized carbons (Fsp3) is 0.588. The Hall–Kier alpha value is -1.37. The summed E-state index contributed by atoms with van der Waals surface area (Å²) in [6.45, 7) is 4.33. The predicted molar refractivity (Wildman–Crippen MR) is 93.2 cm³/mol. The lowest BCUT2D eigenvalue weighted by Gasteiger charge is -2.35. The highest BCUT2D eigenvalue weighted by molar-refractivity contribution is 5.85. The third-order valence-electron chi connectivity index (χ3n) is 4.16. The number of hydrogen-bond acceptors (Lipinski definition) is 4. The number of benzene rings is 1. The van der Waals surface area contributed by atoms with E-state index in [2.05, 4.69) is 10.6 Å². The van der Waals surface area contributed by atoms with Crippen molar-refractivity contribution in [2.45, 2.75) is 25.9 Å². The molecule has 1 atom stereocenters. The Morgan fingerprint density at radius 1 is 1.33 bits per heavy atom. The summed E-state index contributed by atoms with van der Waals surface area (Å²) in [5, 5.41) is 6.23. The van der Waals surface area contributed by atoms with Crippen LogP contribution in [-0.2, 0) is 9.53 Å². The van der Waals surface area contributed by atoms with Crippen LogP contribution >= 0.6 is 12.4 Å². The van der Waals surface area contributed by atoms with E-state index in [1.807, 2.05) is 6.92 Å². The number of piperidine rings is 1. The molecule has 1 aliphatic rings. The fourth-order valence-electron chi connectivity index (χ4n) is 2.83. The van der Waals surface area contributed by atoms with E-state index in [0.717, 1.165) is 25.9 Å². The Morgan fingerprint density at radius 2 is 1.96 bits per heavy atom. The van der Waals surface area contributed by atoms with Crippen molar-refractivity contribution in [3.63, 3.8) is 0 Å². The van der Waals surface area contributed by atoms with Gasteiger partial charge >= 0.3 is 0 Å². The maximum absolute atomic E-state index is 12.9. The molecule has 136 valence electrons. The van der Waals surface area contributed by atoms with Crippen LogP contribution in [0.3, 0.4) is 0 Å². The van der Waals surface area contributed by atoms with E-state index in [9.17, 15) is 9.18 Å². The van der Waals surface area contributed by atoms with E-state index >= 15 is 0 Å².